The number of anilines is 2. The number of hydrogen-bond acceptors (Lipinski definition) is 1. The molecule has 0 radical (unpaired) electrons. The van der Waals surface area contributed by atoms with Gasteiger partial charge in [0.15, 0.2) is 0 Å². The highest BCUT2D eigenvalue weighted by atomic mass is 35.5. The molecule has 0 heterocycles. The molecule has 22 heavy (non-hydrogen) atoms. The molecular formula is C14H9Cl2F3N2O. The first kappa shape index (κ1) is 16.5. The molecule has 0 atom stereocenters. The van der Waals surface area contributed by atoms with Crippen molar-refractivity contribution in [1.82, 2.24) is 0 Å². The number of urea groups is 1. The van der Waals surface area contributed by atoms with Crippen molar-refractivity contribution < 1.29 is 18.0 Å². The summed E-state index contributed by atoms with van der Waals surface area (Å²) < 4.78 is 37.8. The van der Waals surface area contributed by atoms with E-state index in [1.165, 1.54) is 24.3 Å². The van der Waals surface area contributed by atoms with Gasteiger partial charge in [0.05, 0.1) is 21.3 Å². The van der Waals surface area contributed by atoms with Gasteiger partial charge in [0.25, 0.3) is 0 Å². The van der Waals surface area contributed by atoms with Crippen molar-refractivity contribution in [3.63, 3.8) is 0 Å². The topological polar surface area (TPSA) is 41.1 Å². The maximum absolute atomic E-state index is 12.6. The summed E-state index contributed by atoms with van der Waals surface area (Å²) in [5.74, 6) is 0. The second kappa shape index (κ2) is 6.46. The van der Waals surface area contributed by atoms with Crippen molar-refractivity contribution in [3.8, 4) is 0 Å². The van der Waals surface area contributed by atoms with Gasteiger partial charge in [0.2, 0.25) is 0 Å². The predicted octanol–water partition coefficient (Wildman–Crippen LogP) is 5.66. The Balaban J connectivity index is 2.13. The van der Waals surface area contributed by atoms with E-state index < -0.39 is 17.8 Å². The fourth-order valence-electron chi connectivity index (χ4n) is 1.67. The van der Waals surface area contributed by atoms with Gasteiger partial charge in [0, 0.05) is 5.69 Å². The van der Waals surface area contributed by atoms with E-state index in [1.807, 2.05) is 0 Å². The van der Waals surface area contributed by atoms with Crippen molar-refractivity contribution in [1.29, 1.82) is 0 Å². The minimum Gasteiger partial charge on any atom is -0.308 e. The maximum atomic E-state index is 12.6. The lowest BCUT2D eigenvalue weighted by molar-refractivity contribution is -0.137. The minimum atomic E-state index is -4.49. The number of nitrogens with one attached hydrogen (secondary N) is 2. The largest absolute Gasteiger partial charge is 0.416 e. The summed E-state index contributed by atoms with van der Waals surface area (Å²) in [7, 11) is 0. The average Bonchev–Trinajstić information content (AvgIpc) is 2.42. The number of alkyl halides is 3. The molecule has 0 fully saturated rings. The molecule has 0 aliphatic carbocycles. The molecular weight excluding hydrogens is 340 g/mol. The Kier molecular flexibility index (Phi) is 4.83. The molecule has 116 valence electrons. The first-order valence-corrected chi connectivity index (χ1v) is 6.72. The molecule has 0 spiro atoms. The zero-order chi connectivity index (χ0) is 16.3. The second-order valence-electron chi connectivity index (χ2n) is 4.25. The van der Waals surface area contributed by atoms with Crippen LogP contribution < -0.4 is 10.6 Å². The zero-order valence-electron chi connectivity index (χ0n) is 10.8. The van der Waals surface area contributed by atoms with Crippen LogP contribution in [-0.2, 0) is 6.18 Å². The molecule has 2 rings (SSSR count). The standard InChI is InChI=1S/C14H9Cl2F3N2O/c15-10-5-2-6-11(16)12(10)21-13(22)20-9-4-1-3-8(7-9)14(17,18)19/h1-7H,(H2,20,21,22). The van der Waals surface area contributed by atoms with E-state index in [1.54, 1.807) is 6.07 Å². The van der Waals surface area contributed by atoms with Gasteiger partial charge in [-0.2, -0.15) is 13.2 Å². The van der Waals surface area contributed by atoms with Crippen molar-refractivity contribution in [3.05, 3.63) is 58.1 Å². The molecule has 0 bridgehead atoms. The highest BCUT2D eigenvalue weighted by molar-refractivity contribution is 6.39. The molecule has 2 aromatic rings. The Morgan fingerprint density at radius 3 is 2.14 bits per heavy atom. The highest BCUT2D eigenvalue weighted by Crippen LogP contribution is 2.31. The number of hydrogen-bond donors (Lipinski definition) is 2. The third-order valence-electron chi connectivity index (χ3n) is 2.65. The van der Waals surface area contributed by atoms with Crippen LogP contribution in [0.3, 0.4) is 0 Å². The maximum Gasteiger partial charge on any atom is 0.416 e. The molecule has 0 aliphatic rings. The molecule has 0 saturated heterocycles. The molecule has 3 nitrogen and oxygen atoms in total. The van der Waals surface area contributed by atoms with Gasteiger partial charge >= 0.3 is 12.2 Å². The average molecular weight is 349 g/mol. The van der Waals surface area contributed by atoms with Crippen LogP contribution in [-0.4, -0.2) is 6.03 Å². The number of amides is 2. The van der Waals surface area contributed by atoms with Crippen molar-refractivity contribution >= 4 is 40.6 Å². The smallest absolute Gasteiger partial charge is 0.308 e. The highest BCUT2D eigenvalue weighted by Gasteiger charge is 2.30. The van der Waals surface area contributed by atoms with Crippen LogP contribution in [0.15, 0.2) is 42.5 Å². The van der Waals surface area contributed by atoms with Crippen LogP contribution in [0.2, 0.25) is 10.0 Å². The number of benzene rings is 2. The summed E-state index contributed by atoms with van der Waals surface area (Å²) in [6.45, 7) is 0. The van der Waals surface area contributed by atoms with E-state index in [0.29, 0.717) is 0 Å². The van der Waals surface area contributed by atoms with Crippen molar-refractivity contribution in [2.45, 2.75) is 6.18 Å². The first-order chi connectivity index (χ1) is 10.3. The van der Waals surface area contributed by atoms with Gasteiger partial charge in [-0.15, -0.1) is 0 Å². The molecule has 0 aromatic heterocycles. The monoisotopic (exact) mass is 348 g/mol. The van der Waals surface area contributed by atoms with E-state index in [9.17, 15) is 18.0 Å². The van der Waals surface area contributed by atoms with Crippen LogP contribution in [0.4, 0.5) is 29.3 Å². The summed E-state index contributed by atoms with van der Waals surface area (Å²) in [5.41, 5.74) is -0.688. The van der Waals surface area contributed by atoms with Gasteiger partial charge in [-0.25, -0.2) is 4.79 Å². The van der Waals surface area contributed by atoms with E-state index in [4.69, 9.17) is 23.2 Å². The van der Waals surface area contributed by atoms with Gasteiger partial charge < -0.3 is 10.6 Å². The number of halogens is 5. The molecule has 2 N–H and O–H groups in total. The molecule has 8 heteroatoms. The number of para-hydroxylation sites is 1. The lowest BCUT2D eigenvalue weighted by Crippen LogP contribution is -2.20. The summed E-state index contributed by atoms with van der Waals surface area (Å²) in [6, 6.07) is 8.15. The minimum absolute atomic E-state index is 0.00417. The fourth-order valence-corrected chi connectivity index (χ4v) is 2.16. The second-order valence-corrected chi connectivity index (χ2v) is 5.07. The van der Waals surface area contributed by atoms with Gasteiger partial charge in [-0.3, -0.25) is 0 Å². The van der Waals surface area contributed by atoms with Crippen LogP contribution in [0, 0.1) is 0 Å². The molecule has 0 saturated carbocycles. The lowest BCUT2D eigenvalue weighted by Gasteiger charge is -2.12. The molecule has 0 unspecified atom stereocenters. The Hall–Kier alpha value is -1.92. The quantitative estimate of drug-likeness (QED) is 0.722. The molecule has 2 aromatic carbocycles. The summed E-state index contributed by atoms with van der Waals surface area (Å²) in [5, 5.41) is 5.11. The zero-order valence-corrected chi connectivity index (χ0v) is 12.4. The van der Waals surface area contributed by atoms with Crippen LogP contribution >= 0.6 is 23.2 Å². The van der Waals surface area contributed by atoms with Crippen LogP contribution in [0.1, 0.15) is 5.56 Å². The van der Waals surface area contributed by atoms with Crippen LogP contribution in [0.5, 0.6) is 0 Å². The third-order valence-corrected chi connectivity index (χ3v) is 3.28. The van der Waals surface area contributed by atoms with Gasteiger partial charge in [-0.05, 0) is 30.3 Å². The van der Waals surface area contributed by atoms with Crippen molar-refractivity contribution in [2.75, 3.05) is 10.6 Å². The number of carbonyl (C=O) groups excluding carboxylic acids is 1. The normalized spacial score (nSPS) is 11.1. The van der Waals surface area contributed by atoms with Gasteiger partial charge in [0.1, 0.15) is 0 Å². The summed E-state index contributed by atoms with van der Waals surface area (Å²) in [6.07, 6.45) is -4.49. The van der Waals surface area contributed by atoms with E-state index >= 15 is 0 Å². The Bertz CT molecular complexity index is 684. The Morgan fingerprint density at radius 2 is 1.55 bits per heavy atom. The first-order valence-electron chi connectivity index (χ1n) is 5.96. The Labute approximate surface area is 134 Å². The van der Waals surface area contributed by atoms with Crippen LogP contribution in [0.25, 0.3) is 0 Å². The predicted molar refractivity (Wildman–Crippen MR) is 80.5 cm³/mol. The molecule has 0 aliphatic heterocycles. The fraction of sp³-hybridized carbons (Fsp3) is 0.0714. The third kappa shape index (κ3) is 4.05. The van der Waals surface area contributed by atoms with E-state index in [0.717, 1.165) is 12.1 Å². The lowest BCUT2D eigenvalue weighted by atomic mass is 10.2. The number of carbonyl (C=O) groups is 1. The SMILES string of the molecule is O=C(Nc1cccc(C(F)(F)F)c1)Nc1c(Cl)cccc1Cl. The number of rotatable bonds is 2. The summed E-state index contributed by atoms with van der Waals surface area (Å²) >= 11 is 11.8. The summed E-state index contributed by atoms with van der Waals surface area (Å²) in [4.78, 5) is 11.8. The van der Waals surface area contributed by atoms with E-state index in [-0.39, 0.29) is 21.4 Å². The van der Waals surface area contributed by atoms with E-state index in [2.05, 4.69) is 10.6 Å². The van der Waals surface area contributed by atoms with Crippen molar-refractivity contribution in [2.24, 2.45) is 0 Å². The van der Waals surface area contributed by atoms with Gasteiger partial charge in [-0.1, -0.05) is 35.3 Å². The Morgan fingerprint density at radius 1 is 0.955 bits per heavy atom. The molecule has 2 amide bonds.